The highest BCUT2D eigenvalue weighted by Gasteiger charge is 2.20. The Labute approximate surface area is 400 Å². The lowest BCUT2D eigenvalue weighted by Crippen LogP contribution is -1.98. The third kappa shape index (κ3) is 7.16. The summed E-state index contributed by atoms with van der Waals surface area (Å²) < 4.78 is 2.46. The summed E-state index contributed by atoms with van der Waals surface area (Å²) in [4.78, 5) is 10.7. The Bertz CT molecular complexity index is 3950. The van der Waals surface area contributed by atoms with Gasteiger partial charge in [0, 0.05) is 32.8 Å². The molecule has 0 radical (unpaired) electrons. The van der Waals surface area contributed by atoms with Crippen LogP contribution in [0, 0.1) is 0 Å². The second-order valence-electron chi connectivity index (χ2n) is 17.7. The summed E-state index contributed by atoms with van der Waals surface area (Å²) in [5.74, 6) is 0.691. The Kier molecular flexibility index (Phi) is 9.84. The highest BCUT2D eigenvalue weighted by molar-refractivity contribution is 6.15. The van der Waals surface area contributed by atoms with E-state index in [1.54, 1.807) is 0 Å². The minimum atomic E-state index is 0.691. The van der Waals surface area contributed by atoms with Gasteiger partial charge in [0.25, 0.3) is 0 Å². The number of benzene rings is 11. The number of rotatable bonds is 8. The predicted molar refractivity (Wildman–Crippen MR) is 289 cm³/mol. The normalized spacial score (nSPS) is 11.5. The molecule has 2 aromatic heterocycles. The van der Waals surface area contributed by atoms with Crippen molar-refractivity contribution in [3.63, 3.8) is 0 Å². The molecule has 0 atom stereocenters. The molecule has 3 heteroatoms. The topological polar surface area (TPSA) is 30.7 Å². The molecule has 0 bridgehead atoms. The van der Waals surface area contributed by atoms with Gasteiger partial charge in [-0.3, -0.25) is 0 Å². The van der Waals surface area contributed by atoms with Crippen molar-refractivity contribution < 1.29 is 0 Å². The fraction of sp³-hybridized carbons (Fsp3) is 0. The Morgan fingerprint density at radius 1 is 0.232 bits per heavy atom. The van der Waals surface area contributed by atoms with E-state index in [9.17, 15) is 0 Å². The highest BCUT2D eigenvalue weighted by Crippen LogP contribution is 2.43. The lowest BCUT2D eigenvalue weighted by Gasteiger charge is -2.17. The number of fused-ring (bicyclic) bond motifs is 5. The molecule has 3 nitrogen and oxygen atoms in total. The third-order valence-electron chi connectivity index (χ3n) is 13.6. The third-order valence-corrected chi connectivity index (χ3v) is 13.6. The van der Waals surface area contributed by atoms with Gasteiger partial charge in [-0.1, -0.05) is 212 Å². The molecular formula is C66H43N3. The molecule has 13 rings (SSSR count). The maximum Gasteiger partial charge on any atom is 0.161 e. The van der Waals surface area contributed by atoms with E-state index in [0.29, 0.717) is 5.82 Å². The molecule has 0 unspecified atom stereocenters. The monoisotopic (exact) mass is 877 g/mol. The molecule has 0 saturated carbocycles. The van der Waals surface area contributed by atoms with Crippen molar-refractivity contribution in [2.45, 2.75) is 0 Å². The zero-order chi connectivity index (χ0) is 45.7. The lowest BCUT2D eigenvalue weighted by molar-refractivity contribution is 1.19. The zero-order valence-corrected chi connectivity index (χ0v) is 37.7. The predicted octanol–water partition coefficient (Wildman–Crippen LogP) is 17.5. The van der Waals surface area contributed by atoms with E-state index < -0.39 is 0 Å². The van der Waals surface area contributed by atoms with Crippen LogP contribution in [0.3, 0.4) is 0 Å². The molecule has 322 valence electrons. The van der Waals surface area contributed by atoms with E-state index in [1.165, 1.54) is 66.0 Å². The molecule has 2 heterocycles. The molecule has 0 spiro atoms. The van der Waals surface area contributed by atoms with Crippen LogP contribution in [0.1, 0.15) is 0 Å². The van der Waals surface area contributed by atoms with Crippen LogP contribution in [-0.4, -0.2) is 14.5 Å². The molecule has 0 amide bonds. The molecule has 11 aromatic carbocycles. The Morgan fingerprint density at radius 2 is 0.623 bits per heavy atom. The zero-order valence-electron chi connectivity index (χ0n) is 37.7. The van der Waals surface area contributed by atoms with Gasteiger partial charge >= 0.3 is 0 Å². The van der Waals surface area contributed by atoms with Crippen LogP contribution < -0.4 is 0 Å². The van der Waals surface area contributed by atoms with Crippen molar-refractivity contribution in [1.29, 1.82) is 0 Å². The van der Waals surface area contributed by atoms with Gasteiger partial charge in [-0.05, 0) is 109 Å². The second-order valence-corrected chi connectivity index (χ2v) is 17.7. The Hall–Kier alpha value is -9.18. The van der Waals surface area contributed by atoms with Crippen molar-refractivity contribution in [3.05, 3.63) is 261 Å². The summed E-state index contributed by atoms with van der Waals surface area (Å²) in [5.41, 5.74) is 17.8. The molecule has 69 heavy (non-hydrogen) atoms. The van der Waals surface area contributed by atoms with Gasteiger partial charge in [0.1, 0.15) is 0 Å². The number of aromatic nitrogens is 3. The molecule has 0 fully saturated rings. The van der Waals surface area contributed by atoms with Crippen molar-refractivity contribution in [2.75, 3.05) is 0 Å². The van der Waals surface area contributed by atoms with Gasteiger partial charge in [0.15, 0.2) is 5.82 Å². The summed E-state index contributed by atoms with van der Waals surface area (Å²) in [6.07, 6.45) is 0. The first-order valence-electron chi connectivity index (χ1n) is 23.6. The maximum absolute atomic E-state index is 5.36. The largest absolute Gasteiger partial charge is 0.309 e. The van der Waals surface area contributed by atoms with Gasteiger partial charge in [-0.25, -0.2) is 9.97 Å². The van der Waals surface area contributed by atoms with Crippen LogP contribution >= 0.6 is 0 Å². The van der Waals surface area contributed by atoms with E-state index in [0.717, 1.165) is 55.7 Å². The minimum absolute atomic E-state index is 0.691. The van der Waals surface area contributed by atoms with Gasteiger partial charge in [-0.2, -0.15) is 0 Å². The Balaban J connectivity index is 0.973. The average Bonchev–Trinajstić information content (AvgIpc) is 3.76. The molecule has 13 aromatic rings. The summed E-state index contributed by atoms with van der Waals surface area (Å²) >= 11 is 0. The van der Waals surface area contributed by atoms with Crippen molar-refractivity contribution in [3.8, 4) is 84.1 Å². The molecular weight excluding hydrogens is 835 g/mol. The summed E-state index contributed by atoms with van der Waals surface area (Å²) in [5, 5.41) is 7.07. The van der Waals surface area contributed by atoms with Crippen LogP contribution in [0.2, 0.25) is 0 Å². The van der Waals surface area contributed by atoms with E-state index in [2.05, 4.69) is 259 Å². The van der Waals surface area contributed by atoms with Crippen LogP contribution in [0.4, 0.5) is 0 Å². The van der Waals surface area contributed by atoms with Crippen LogP contribution in [0.5, 0.6) is 0 Å². The maximum atomic E-state index is 5.36. The highest BCUT2D eigenvalue weighted by atomic mass is 15.0. The van der Waals surface area contributed by atoms with Crippen LogP contribution in [0.25, 0.3) is 127 Å². The van der Waals surface area contributed by atoms with E-state index >= 15 is 0 Å². The van der Waals surface area contributed by atoms with Gasteiger partial charge in [0.05, 0.1) is 28.1 Å². The lowest BCUT2D eigenvalue weighted by atomic mass is 9.91. The van der Waals surface area contributed by atoms with E-state index in [1.807, 2.05) is 6.07 Å². The first-order chi connectivity index (χ1) is 34.2. The summed E-state index contributed by atoms with van der Waals surface area (Å²) in [6, 6.07) is 93.6. The average molecular weight is 878 g/mol. The first-order valence-corrected chi connectivity index (χ1v) is 23.6. The van der Waals surface area contributed by atoms with Crippen LogP contribution in [-0.2, 0) is 0 Å². The summed E-state index contributed by atoms with van der Waals surface area (Å²) in [6.45, 7) is 0. The number of hydrogen-bond donors (Lipinski definition) is 0. The van der Waals surface area contributed by atoms with E-state index in [-0.39, 0.29) is 0 Å². The first kappa shape index (κ1) is 40.1. The van der Waals surface area contributed by atoms with Crippen LogP contribution in [0.15, 0.2) is 261 Å². The number of nitrogens with zero attached hydrogens (tertiary/aromatic N) is 3. The minimum Gasteiger partial charge on any atom is -0.309 e. The van der Waals surface area contributed by atoms with Crippen molar-refractivity contribution in [1.82, 2.24) is 14.5 Å². The van der Waals surface area contributed by atoms with Gasteiger partial charge in [-0.15, -0.1) is 0 Å². The van der Waals surface area contributed by atoms with Gasteiger partial charge in [0.2, 0.25) is 0 Å². The molecule has 0 aliphatic carbocycles. The molecule has 0 saturated heterocycles. The second kappa shape index (κ2) is 16.9. The van der Waals surface area contributed by atoms with Crippen molar-refractivity contribution >= 4 is 43.4 Å². The van der Waals surface area contributed by atoms with E-state index in [4.69, 9.17) is 9.97 Å². The number of hydrogen-bond acceptors (Lipinski definition) is 2. The molecule has 0 N–H and O–H groups in total. The quantitative estimate of drug-likeness (QED) is 0.152. The molecule has 0 aliphatic rings. The van der Waals surface area contributed by atoms with Crippen molar-refractivity contribution in [2.24, 2.45) is 0 Å². The smallest absolute Gasteiger partial charge is 0.161 e. The van der Waals surface area contributed by atoms with Gasteiger partial charge < -0.3 is 4.57 Å². The Morgan fingerprint density at radius 3 is 1.17 bits per heavy atom. The molecule has 0 aliphatic heterocycles. The standard InChI is InChI=1S/C66H43N3/c1-5-18-44(19-6-1)48-26-17-27-51(40-48)62-43-61(47-24-11-4-12-25-47)67-66(68-62)58-35-34-55(52-28-13-14-30-54(52)58)56-36-39-63(57-31-16-15-29-53(56)57)69-64-37-32-49(45-20-7-2-8-21-45)41-59(64)60-42-50(33-38-65(60)69)46-22-9-3-10-23-46/h1-43H. The fourth-order valence-electron chi connectivity index (χ4n) is 10.3. The summed E-state index contributed by atoms with van der Waals surface area (Å²) in [7, 11) is 0. The fourth-order valence-corrected chi connectivity index (χ4v) is 10.3. The SMILES string of the molecule is c1ccc(-c2cccc(-c3cc(-c4ccccc4)nc(-c4ccc(-c5ccc(-n6c7ccc(-c8ccccc8)cc7c7cc(-c8ccccc8)ccc76)c6ccccc56)c5ccccc45)n3)c2)cc1.